The Hall–Kier alpha value is -1.81. The van der Waals surface area contributed by atoms with Crippen LogP contribution in [0.3, 0.4) is 0 Å². The number of carbonyl (C=O) groups is 2. The number of halogens is 1. The third-order valence-electron chi connectivity index (χ3n) is 3.35. The zero-order valence-electron chi connectivity index (χ0n) is 11.9. The molecule has 0 fully saturated rings. The molecule has 0 unspecified atom stereocenters. The Morgan fingerprint density at radius 1 is 1.38 bits per heavy atom. The molecule has 1 aromatic rings. The van der Waals surface area contributed by atoms with Gasteiger partial charge in [0.15, 0.2) is 6.61 Å². The number of carbonyl (C=O) groups excluding carboxylic acids is 2. The molecule has 0 radical (unpaired) electrons. The van der Waals surface area contributed by atoms with Gasteiger partial charge in [0, 0.05) is 0 Å². The smallest absolute Gasteiger partial charge is 0.309 e. The summed E-state index contributed by atoms with van der Waals surface area (Å²) in [5.74, 6) is -0.837. The quantitative estimate of drug-likeness (QED) is 0.684. The number of hydrogen-bond acceptors (Lipinski definition) is 3. The number of aryl methyl sites for hydroxylation is 1. The molecule has 1 amide bonds. The molecule has 4 nitrogen and oxygen atoms in total. The molecule has 0 aromatic heterocycles. The maximum atomic E-state index is 11.8. The first-order chi connectivity index (χ1) is 10.1. The summed E-state index contributed by atoms with van der Waals surface area (Å²) < 4.78 is 5.05. The fourth-order valence-corrected chi connectivity index (χ4v) is 2.45. The summed E-state index contributed by atoms with van der Waals surface area (Å²) >= 11 is 6.03. The summed E-state index contributed by atoms with van der Waals surface area (Å²) in [5.41, 5.74) is 1.53. The van der Waals surface area contributed by atoms with E-state index in [1.165, 1.54) is 0 Å². The summed E-state index contributed by atoms with van der Waals surface area (Å²) in [5, 5.41) is 3.10. The molecule has 0 saturated heterocycles. The van der Waals surface area contributed by atoms with E-state index in [4.69, 9.17) is 16.3 Å². The summed E-state index contributed by atoms with van der Waals surface area (Å²) in [6, 6.07) is 5.34. The van der Waals surface area contributed by atoms with Gasteiger partial charge in [0.2, 0.25) is 0 Å². The Morgan fingerprint density at radius 2 is 2.19 bits per heavy atom. The predicted molar refractivity (Wildman–Crippen MR) is 82.3 cm³/mol. The molecule has 2 rings (SSSR count). The van der Waals surface area contributed by atoms with Crippen molar-refractivity contribution in [3.05, 3.63) is 40.9 Å². The number of anilines is 1. The second-order valence-corrected chi connectivity index (χ2v) is 5.53. The average Bonchev–Trinajstić information content (AvgIpc) is 2.48. The molecular formula is C16H18ClNO3. The highest BCUT2D eigenvalue weighted by Gasteiger charge is 2.21. The number of ether oxygens (including phenoxy) is 1. The van der Waals surface area contributed by atoms with Gasteiger partial charge in [-0.1, -0.05) is 29.8 Å². The van der Waals surface area contributed by atoms with Crippen LogP contribution in [-0.2, 0) is 14.3 Å². The van der Waals surface area contributed by atoms with Crippen LogP contribution < -0.4 is 5.32 Å². The van der Waals surface area contributed by atoms with Crippen molar-refractivity contribution in [1.82, 2.24) is 0 Å². The minimum atomic E-state index is -0.388. The number of benzene rings is 1. The highest BCUT2D eigenvalue weighted by Crippen LogP contribution is 2.23. The van der Waals surface area contributed by atoms with E-state index in [2.05, 4.69) is 11.4 Å². The fraction of sp³-hybridized carbons (Fsp3) is 0.375. The van der Waals surface area contributed by atoms with Gasteiger partial charge in [-0.25, -0.2) is 0 Å². The van der Waals surface area contributed by atoms with Gasteiger partial charge < -0.3 is 10.1 Å². The van der Waals surface area contributed by atoms with Crippen molar-refractivity contribution in [2.24, 2.45) is 5.92 Å². The van der Waals surface area contributed by atoms with E-state index < -0.39 is 0 Å². The zero-order valence-corrected chi connectivity index (χ0v) is 12.7. The van der Waals surface area contributed by atoms with Gasteiger partial charge >= 0.3 is 5.97 Å². The van der Waals surface area contributed by atoms with Crippen molar-refractivity contribution in [3.63, 3.8) is 0 Å². The third-order valence-corrected chi connectivity index (χ3v) is 3.66. The van der Waals surface area contributed by atoms with E-state index in [9.17, 15) is 9.59 Å². The summed E-state index contributed by atoms with van der Waals surface area (Å²) in [6.07, 6.45) is 6.37. The Labute approximate surface area is 129 Å². The Kier molecular flexibility index (Phi) is 5.39. The molecule has 112 valence electrons. The van der Waals surface area contributed by atoms with Crippen LogP contribution >= 0.6 is 11.6 Å². The van der Waals surface area contributed by atoms with Gasteiger partial charge in [0.1, 0.15) is 0 Å². The highest BCUT2D eigenvalue weighted by molar-refractivity contribution is 6.33. The van der Waals surface area contributed by atoms with E-state index in [1.54, 1.807) is 12.1 Å². The third kappa shape index (κ3) is 4.60. The summed E-state index contributed by atoms with van der Waals surface area (Å²) in [6.45, 7) is 1.63. The standard InChI is InChI=1S/C16H18ClNO3/c1-11-7-8-14(13(17)9-11)18-15(19)10-21-16(20)12-5-3-2-4-6-12/h2-3,7-9,12H,4-6,10H2,1H3,(H,18,19)/t12-/m1/s1. The van der Waals surface area contributed by atoms with Crippen LogP contribution in [0.2, 0.25) is 5.02 Å². The lowest BCUT2D eigenvalue weighted by atomic mass is 9.95. The molecule has 1 N–H and O–H groups in total. The van der Waals surface area contributed by atoms with Gasteiger partial charge in [-0.05, 0) is 43.9 Å². The van der Waals surface area contributed by atoms with Crippen molar-refractivity contribution >= 4 is 29.2 Å². The van der Waals surface area contributed by atoms with Crippen molar-refractivity contribution in [3.8, 4) is 0 Å². The second kappa shape index (κ2) is 7.27. The highest BCUT2D eigenvalue weighted by atomic mass is 35.5. The maximum absolute atomic E-state index is 11.8. The summed E-state index contributed by atoms with van der Waals surface area (Å²) in [7, 11) is 0. The normalized spacial score (nSPS) is 17.3. The maximum Gasteiger partial charge on any atom is 0.309 e. The van der Waals surface area contributed by atoms with E-state index in [1.807, 2.05) is 19.1 Å². The van der Waals surface area contributed by atoms with Crippen LogP contribution in [0.25, 0.3) is 0 Å². The largest absolute Gasteiger partial charge is 0.455 e. The first-order valence-electron chi connectivity index (χ1n) is 6.94. The van der Waals surface area contributed by atoms with Crippen LogP contribution in [0.4, 0.5) is 5.69 Å². The number of hydrogen-bond donors (Lipinski definition) is 1. The van der Waals surface area contributed by atoms with Crippen molar-refractivity contribution in [2.45, 2.75) is 26.2 Å². The number of nitrogens with one attached hydrogen (secondary N) is 1. The van der Waals surface area contributed by atoms with Crippen LogP contribution in [0.1, 0.15) is 24.8 Å². The lowest BCUT2D eigenvalue weighted by molar-refractivity contribution is -0.151. The molecular weight excluding hydrogens is 290 g/mol. The number of rotatable bonds is 4. The Balaban J connectivity index is 1.81. The van der Waals surface area contributed by atoms with Gasteiger partial charge in [0.25, 0.3) is 5.91 Å². The van der Waals surface area contributed by atoms with E-state index in [0.717, 1.165) is 18.4 Å². The van der Waals surface area contributed by atoms with Crippen molar-refractivity contribution < 1.29 is 14.3 Å². The molecule has 0 aliphatic heterocycles. The monoisotopic (exact) mass is 307 g/mol. The van der Waals surface area contributed by atoms with E-state index in [0.29, 0.717) is 17.1 Å². The Bertz CT molecular complexity index is 569. The molecule has 0 saturated carbocycles. The minimum absolute atomic E-state index is 0.134. The van der Waals surface area contributed by atoms with Gasteiger partial charge in [-0.3, -0.25) is 9.59 Å². The zero-order chi connectivity index (χ0) is 15.2. The molecule has 0 heterocycles. The molecule has 0 spiro atoms. The first kappa shape index (κ1) is 15.6. The molecule has 1 aromatic carbocycles. The number of esters is 1. The van der Waals surface area contributed by atoms with Crippen LogP contribution in [0.15, 0.2) is 30.4 Å². The van der Waals surface area contributed by atoms with Crippen molar-refractivity contribution in [1.29, 1.82) is 0 Å². The predicted octanol–water partition coefficient (Wildman–Crippen LogP) is 3.49. The fourth-order valence-electron chi connectivity index (χ4n) is 2.17. The molecule has 0 bridgehead atoms. The molecule has 1 aliphatic carbocycles. The molecule has 1 aliphatic rings. The van der Waals surface area contributed by atoms with Gasteiger partial charge in [-0.2, -0.15) is 0 Å². The van der Waals surface area contributed by atoms with Gasteiger partial charge in [0.05, 0.1) is 16.6 Å². The van der Waals surface area contributed by atoms with Crippen LogP contribution in [-0.4, -0.2) is 18.5 Å². The molecule has 5 heteroatoms. The molecule has 21 heavy (non-hydrogen) atoms. The Morgan fingerprint density at radius 3 is 2.86 bits per heavy atom. The SMILES string of the molecule is Cc1ccc(NC(=O)COC(=O)[C@@H]2CC=CCC2)c(Cl)c1. The van der Waals surface area contributed by atoms with Crippen LogP contribution in [0, 0.1) is 12.8 Å². The number of amides is 1. The van der Waals surface area contributed by atoms with E-state index >= 15 is 0 Å². The summed E-state index contributed by atoms with van der Waals surface area (Å²) in [4.78, 5) is 23.6. The topological polar surface area (TPSA) is 55.4 Å². The average molecular weight is 308 g/mol. The molecule has 1 atom stereocenters. The van der Waals surface area contributed by atoms with Crippen molar-refractivity contribution in [2.75, 3.05) is 11.9 Å². The van der Waals surface area contributed by atoms with E-state index in [-0.39, 0.29) is 24.4 Å². The number of allylic oxidation sites excluding steroid dienone is 2. The lowest BCUT2D eigenvalue weighted by Crippen LogP contribution is -2.25. The lowest BCUT2D eigenvalue weighted by Gasteiger charge is -2.16. The second-order valence-electron chi connectivity index (χ2n) is 5.12. The minimum Gasteiger partial charge on any atom is -0.455 e. The first-order valence-corrected chi connectivity index (χ1v) is 7.31. The van der Waals surface area contributed by atoms with Crippen LogP contribution in [0.5, 0.6) is 0 Å². The van der Waals surface area contributed by atoms with Gasteiger partial charge in [-0.15, -0.1) is 0 Å².